The lowest BCUT2D eigenvalue weighted by atomic mass is 10.3. The number of benzene rings is 2. The van der Waals surface area contributed by atoms with Gasteiger partial charge in [0.15, 0.2) is 11.5 Å². The van der Waals surface area contributed by atoms with Gasteiger partial charge in [0.1, 0.15) is 5.75 Å². The third-order valence-corrected chi connectivity index (χ3v) is 2.80. The van der Waals surface area contributed by atoms with Crippen molar-refractivity contribution in [3.8, 4) is 17.2 Å². The second-order valence-corrected chi connectivity index (χ2v) is 4.32. The number of hydrogen-bond donors (Lipinski definition) is 0. The maximum atomic E-state index is 12.3. The van der Waals surface area contributed by atoms with E-state index in [0.717, 1.165) is 4.73 Å². The summed E-state index contributed by atoms with van der Waals surface area (Å²) in [5, 5.41) is 0. The standard InChI is InChI=1S/C17H13NO3/c19-17-16(20-14-8-3-1-4-9-14)12-7-13-18(17)21-15-10-5-2-6-11-15/h1-13H. The molecule has 0 radical (unpaired) electrons. The van der Waals surface area contributed by atoms with E-state index in [2.05, 4.69) is 0 Å². The van der Waals surface area contributed by atoms with Gasteiger partial charge in [-0.2, -0.15) is 0 Å². The van der Waals surface area contributed by atoms with Gasteiger partial charge in [0.2, 0.25) is 0 Å². The Labute approximate surface area is 121 Å². The molecule has 4 nitrogen and oxygen atoms in total. The summed E-state index contributed by atoms with van der Waals surface area (Å²) in [5.41, 5.74) is -0.356. The zero-order chi connectivity index (χ0) is 14.5. The van der Waals surface area contributed by atoms with Crippen LogP contribution in [0.5, 0.6) is 17.2 Å². The van der Waals surface area contributed by atoms with Crippen molar-refractivity contribution < 1.29 is 9.57 Å². The fraction of sp³-hybridized carbons (Fsp3) is 0. The fourth-order valence-corrected chi connectivity index (χ4v) is 1.82. The topological polar surface area (TPSA) is 40.5 Å². The minimum Gasteiger partial charge on any atom is -0.451 e. The molecule has 0 bridgehead atoms. The lowest BCUT2D eigenvalue weighted by Crippen LogP contribution is -2.24. The molecule has 0 aliphatic rings. The van der Waals surface area contributed by atoms with Gasteiger partial charge in [-0.25, -0.2) is 0 Å². The first-order valence-electron chi connectivity index (χ1n) is 6.51. The van der Waals surface area contributed by atoms with Gasteiger partial charge >= 0.3 is 5.56 Å². The van der Waals surface area contributed by atoms with Crippen molar-refractivity contribution >= 4 is 0 Å². The van der Waals surface area contributed by atoms with Crippen LogP contribution < -0.4 is 15.1 Å². The van der Waals surface area contributed by atoms with Crippen molar-refractivity contribution in [3.05, 3.63) is 89.3 Å². The molecule has 0 fully saturated rings. The molecule has 0 N–H and O–H groups in total. The van der Waals surface area contributed by atoms with Crippen LogP contribution in [0.4, 0.5) is 0 Å². The predicted octanol–water partition coefficient (Wildman–Crippen LogP) is 3.48. The molecule has 0 unspecified atom stereocenters. The van der Waals surface area contributed by atoms with Crippen LogP contribution in [-0.4, -0.2) is 4.73 Å². The summed E-state index contributed by atoms with van der Waals surface area (Å²) < 4.78 is 6.72. The maximum absolute atomic E-state index is 12.3. The second kappa shape index (κ2) is 5.96. The zero-order valence-electron chi connectivity index (χ0n) is 11.2. The van der Waals surface area contributed by atoms with E-state index in [-0.39, 0.29) is 11.3 Å². The summed E-state index contributed by atoms with van der Waals surface area (Å²) in [7, 11) is 0. The zero-order valence-corrected chi connectivity index (χ0v) is 11.2. The first-order chi connectivity index (χ1) is 10.3. The molecule has 0 atom stereocenters. The quantitative estimate of drug-likeness (QED) is 0.734. The van der Waals surface area contributed by atoms with Crippen LogP contribution >= 0.6 is 0 Å². The summed E-state index contributed by atoms with van der Waals surface area (Å²) >= 11 is 0. The smallest absolute Gasteiger partial charge is 0.326 e. The van der Waals surface area contributed by atoms with E-state index in [9.17, 15) is 4.79 Å². The summed E-state index contributed by atoms with van der Waals surface area (Å²) in [6, 6.07) is 21.6. The van der Waals surface area contributed by atoms with E-state index in [4.69, 9.17) is 9.57 Å². The van der Waals surface area contributed by atoms with Crippen LogP contribution in [0.2, 0.25) is 0 Å². The highest BCUT2D eigenvalue weighted by atomic mass is 16.7. The monoisotopic (exact) mass is 279 g/mol. The summed E-state index contributed by atoms with van der Waals surface area (Å²) in [4.78, 5) is 17.8. The number of nitrogens with zero attached hydrogens (tertiary/aromatic N) is 1. The lowest BCUT2D eigenvalue weighted by Gasteiger charge is -2.10. The van der Waals surface area contributed by atoms with E-state index in [1.54, 1.807) is 42.6 Å². The Morgan fingerprint density at radius 1 is 0.714 bits per heavy atom. The largest absolute Gasteiger partial charge is 0.451 e. The molecule has 3 aromatic rings. The fourth-order valence-electron chi connectivity index (χ4n) is 1.82. The van der Waals surface area contributed by atoms with Crippen LogP contribution in [0.1, 0.15) is 0 Å². The van der Waals surface area contributed by atoms with Gasteiger partial charge in [-0.3, -0.25) is 4.79 Å². The lowest BCUT2D eigenvalue weighted by molar-refractivity contribution is 0.200. The van der Waals surface area contributed by atoms with Gasteiger partial charge in [-0.1, -0.05) is 36.4 Å². The SMILES string of the molecule is O=c1c(Oc2ccccc2)cccn1Oc1ccccc1. The summed E-state index contributed by atoms with van der Waals surface area (Å²) in [6.45, 7) is 0. The predicted molar refractivity (Wildman–Crippen MR) is 79.7 cm³/mol. The first-order valence-corrected chi connectivity index (χ1v) is 6.51. The van der Waals surface area contributed by atoms with Crippen LogP contribution in [-0.2, 0) is 0 Å². The average molecular weight is 279 g/mol. The van der Waals surface area contributed by atoms with Crippen LogP contribution in [0.25, 0.3) is 0 Å². The Morgan fingerprint density at radius 3 is 2.00 bits per heavy atom. The third-order valence-electron chi connectivity index (χ3n) is 2.80. The number of rotatable bonds is 4. The molecule has 104 valence electrons. The Morgan fingerprint density at radius 2 is 1.33 bits per heavy atom. The third kappa shape index (κ3) is 3.12. The minimum absolute atomic E-state index is 0.208. The maximum Gasteiger partial charge on any atom is 0.326 e. The summed E-state index contributed by atoms with van der Waals surface area (Å²) in [6.07, 6.45) is 1.55. The van der Waals surface area contributed by atoms with Gasteiger partial charge in [-0.05, 0) is 36.4 Å². The molecule has 2 aromatic carbocycles. The molecule has 0 spiro atoms. The van der Waals surface area contributed by atoms with E-state index in [1.165, 1.54) is 0 Å². The molecule has 1 aromatic heterocycles. The van der Waals surface area contributed by atoms with Gasteiger partial charge in [-0.15, -0.1) is 4.73 Å². The van der Waals surface area contributed by atoms with E-state index in [0.29, 0.717) is 11.5 Å². The molecule has 0 amide bonds. The molecular formula is C17H13NO3. The van der Waals surface area contributed by atoms with Crippen LogP contribution in [0, 0.1) is 0 Å². The summed E-state index contributed by atoms with van der Waals surface area (Å²) in [5.74, 6) is 1.39. The number of pyridine rings is 1. The number of ether oxygens (including phenoxy) is 1. The molecule has 1 heterocycles. The number of aromatic nitrogens is 1. The second-order valence-electron chi connectivity index (χ2n) is 4.32. The average Bonchev–Trinajstić information content (AvgIpc) is 2.53. The van der Waals surface area contributed by atoms with Crippen molar-refractivity contribution in [3.63, 3.8) is 0 Å². The van der Waals surface area contributed by atoms with Crippen molar-refractivity contribution in [1.29, 1.82) is 0 Å². The van der Waals surface area contributed by atoms with Crippen molar-refractivity contribution in [1.82, 2.24) is 4.73 Å². The van der Waals surface area contributed by atoms with E-state index in [1.807, 2.05) is 36.4 Å². The molecule has 0 saturated heterocycles. The molecule has 4 heteroatoms. The van der Waals surface area contributed by atoms with Gasteiger partial charge in [0.05, 0.1) is 0 Å². The molecule has 0 aliphatic heterocycles. The molecule has 0 aliphatic carbocycles. The molecular weight excluding hydrogens is 266 g/mol. The Bertz CT molecular complexity index is 704. The Balaban J connectivity index is 1.87. The van der Waals surface area contributed by atoms with E-state index >= 15 is 0 Å². The van der Waals surface area contributed by atoms with Crippen LogP contribution in [0.3, 0.4) is 0 Å². The van der Waals surface area contributed by atoms with Crippen LogP contribution in [0.15, 0.2) is 83.8 Å². The number of para-hydroxylation sites is 2. The van der Waals surface area contributed by atoms with Gasteiger partial charge < -0.3 is 9.57 Å². The van der Waals surface area contributed by atoms with Crippen molar-refractivity contribution in [2.75, 3.05) is 0 Å². The highest BCUT2D eigenvalue weighted by Crippen LogP contribution is 2.17. The molecule has 3 rings (SSSR count). The Kier molecular flexibility index (Phi) is 3.69. The van der Waals surface area contributed by atoms with Gasteiger partial charge in [0.25, 0.3) is 0 Å². The first kappa shape index (κ1) is 13.0. The van der Waals surface area contributed by atoms with Crippen molar-refractivity contribution in [2.45, 2.75) is 0 Å². The molecule has 0 saturated carbocycles. The highest BCUT2D eigenvalue weighted by molar-refractivity contribution is 5.29. The highest BCUT2D eigenvalue weighted by Gasteiger charge is 2.06. The Hall–Kier alpha value is -3.01. The van der Waals surface area contributed by atoms with Crippen molar-refractivity contribution in [2.24, 2.45) is 0 Å². The van der Waals surface area contributed by atoms with E-state index < -0.39 is 0 Å². The normalized spacial score (nSPS) is 10.1. The number of hydrogen-bond acceptors (Lipinski definition) is 3. The minimum atomic E-state index is -0.356. The molecule has 21 heavy (non-hydrogen) atoms. The van der Waals surface area contributed by atoms with Gasteiger partial charge in [0, 0.05) is 6.20 Å².